The summed E-state index contributed by atoms with van der Waals surface area (Å²) in [5, 5.41) is 14.5. The van der Waals surface area contributed by atoms with Crippen LogP contribution < -0.4 is 5.32 Å². The second-order valence-corrected chi connectivity index (χ2v) is 5.67. The van der Waals surface area contributed by atoms with E-state index in [1.807, 2.05) is 0 Å². The molecule has 1 aliphatic carbocycles. The van der Waals surface area contributed by atoms with Crippen LogP contribution in [0.5, 0.6) is 0 Å². The average molecular weight is 392 g/mol. The molecular weight excluding hydrogens is 385 g/mol. The summed E-state index contributed by atoms with van der Waals surface area (Å²) in [7, 11) is 0. The fraction of sp³-hybridized carbons (Fsp3) is 0.267. The largest absolute Gasteiger partial charge is 0.422 e. The standard InChI is InChI=1S/C15H7F7N4O/c16-8-7(15(20,21)22)9(17)11(19)12(10(8)18)26-13(6(3-23)4-24-26)25-14(27)5-1-2-5/h4-5H,1-2H2,(H,25,27). The number of hydrogen-bond donors (Lipinski definition) is 1. The van der Waals surface area contributed by atoms with Crippen LogP contribution in [0.25, 0.3) is 5.69 Å². The van der Waals surface area contributed by atoms with Gasteiger partial charge in [0.2, 0.25) is 5.91 Å². The van der Waals surface area contributed by atoms with Gasteiger partial charge in [-0.1, -0.05) is 0 Å². The first kappa shape index (κ1) is 18.7. The van der Waals surface area contributed by atoms with Crippen molar-refractivity contribution in [2.24, 2.45) is 5.92 Å². The number of anilines is 1. The summed E-state index contributed by atoms with van der Waals surface area (Å²) in [6.45, 7) is 0. The molecule has 0 bridgehead atoms. The number of carbonyl (C=O) groups is 1. The van der Waals surface area contributed by atoms with Crippen molar-refractivity contribution in [1.82, 2.24) is 9.78 Å². The number of halogens is 7. The van der Waals surface area contributed by atoms with Crippen molar-refractivity contribution in [1.29, 1.82) is 5.26 Å². The van der Waals surface area contributed by atoms with Crippen molar-refractivity contribution < 1.29 is 35.5 Å². The third-order valence-corrected chi connectivity index (χ3v) is 3.81. The monoisotopic (exact) mass is 392 g/mol. The summed E-state index contributed by atoms with van der Waals surface area (Å²) >= 11 is 0. The molecule has 0 radical (unpaired) electrons. The number of benzene rings is 1. The molecule has 142 valence electrons. The normalized spacial score (nSPS) is 14.1. The van der Waals surface area contributed by atoms with Crippen LogP contribution in [0.1, 0.15) is 24.0 Å². The highest BCUT2D eigenvalue weighted by atomic mass is 19.4. The van der Waals surface area contributed by atoms with Gasteiger partial charge in [-0.3, -0.25) is 4.79 Å². The van der Waals surface area contributed by atoms with Gasteiger partial charge in [0.05, 0.1) is 6.20 Å². The molecule has 0 unspecified atom stereocenters. The molecular formula is C15H7F7N4O. The fourth-order valence-corrected chi connectivity index (χ4v) is 2.34. The smallest absolute Gasteiger partial charge is 0.309 e. The van der Waals surface area contributed by atoms with Crippen LogP contribution in [0, 0.1) is 40.5 Å². The Balaban J connectivity index is 2.22. The summed E-state index contributed by atoms with van der Waals surface area (Å²) < 4.78 is 94.1. The van der Waals surface area contributed by atoms with E-state index in [-0.39, 0.29) is 4.68 Å². The van der Waals surface area contributed by atoms with E-state index in [2.05, 4.69) is 10.4 Å². The number of nitrogens with zero attached hydrogens (tertiary/aromatic N) is 3. The molecule has 5 nitrogen and oxygen atoms in total. The van der Waals surface area contributed by atoms with E-state index in [4.69, 9.17) is 5.26 Å². The molecule has 0 spiro atoms. The highest BCUT2D eigenvalue weighted by Gasteiger charge is 2.43. The van der Waals surface area contributed by atoms with Gasteiger partial charge in [-0.15, -0.1) is 0 Å². The molecule has 1 saturated carbocycles. The Morgan fingerprint density at radius 1 is 1.15 bits per heavy atom. The molecule has 0 atom stereocenters. The van der Waals surface area contributed by atoms with Crippen LogP contribution in [0.2, 0.25) is 0 Å². The van der Waals surface area contributed by atoms with Crippen LogP contribution >= 0.6 is 0 Å². The molecule has 1 aromatic carbocycles. The number of nitrogens with one attached hydrogen (secondary N) is 1. The van der Waals surface area contributed by atoms with E-state index >= 15 is 0 Å². The molecule has 1 heterocycles. The van der Waals surface area contributed by atoms with Gasteiger partial charge >= 0.3 is 6.18 Å². The molecule has 3 rings (SSSR count). The van der Waals surface area contributed by atoms with Crippen LogP contribution in [-0.4, -0.2) is 15.7 Å². The van der Waals surface area contributed by atoms with Crippen LogP contribution in [0.4, 0.5) is 36.6 Å². The number of rotatable bonds is 3. The molecule has 1 aromatic heterocycles. The Morgan fingerprint density at radius 2 is 1.70 bits per heavy atom. The lowest BCUT2D eigenvalue weighted by Gasteiger charge is -2.15. The molecule has 1 amide bonds. The number of carbonyl (C=O) groups excluding carboxylic acids is 1. The zero-order valence-corrected chi connectivity index (χ0v) is 13.0. The molecule has 2 aromatic rings. The molecule has 27 heavy (non-hydrogen) atoms. The maximum absolute atomic E-state index is 14.2. The zero-order valence-electron chi connectivity index (χ0n) is 13.0. The molecule has 12 heteroatoms. The Hall–Kier alpha value is -3.10. The summed E-state index contributed by atoms with van der Waals surface area (Å²) in [4.78, 5) is 11.9. The zero-order chi connectivity index (χ0) is 20.1. The van der Waals surface area contributed by atoms with Crippen LogP contribution in [-0.2, 0) is 11.0 Å². The highest BCUT2D eigenvalue weighted by molar-refractivity contribution is 5.94. The third kappa shape index (κ3) is 3.09. The number of hydrogen-bond acceptors (Lipinski definition) is 3. The van der Waals surface area contributed by atoms with Crippen LogP contribution in [0.15, 0.2) is 6.20 Å². The van der Waals surface area contributed by atoms with Crippen molar-refractivity contribution in [3.8, 4) is 11.8 Å². The van der Waals surface area contributed by atoms with E-state index in [9.17, 15) is 35.5 Å². The SMILES string of the molecule is N#Cc1cnn(-c2c(F)c(F)c(C(F)(F)F)c(F)c2F)c1NC(=O)C1CC1. The number of amides is 1. The van der Waals surface area contributed by atoms with E-state index in [0.717, 1.165) is 6.20 Å². The minimum Gasteiger partial charge on any atom is -0.309 e. The molecule has 1 N–H and O–H groups in total. The number of nitriles is 1. The Bertz CT molecular complexity index is 957. The highest BCUT2D eigenvalue weighted by Crippen LogP contribution is 2.39. The molecule has 1 aliphatic rings. The van der Waals surface area contributed by atoms with Crippen molar-refractivity contribution in [2.45, 2.75) is 19.0 Å². The maximum atomic E-state index is 14.2. The van der Waals surface area contributed by atoms with E-state index in [1.54, 1.807) is 6.07 Å². The van der Waals surface area contributed by atoms with Gasteiger partial charge in [0.25, 0.3) is 0 Å². The predicted octanol–water partition coefficient (Wildman–Crippen LogP) is 3.67. The topological polar surface area (TPSA) is 70.7 Å². The van der Waals surface area contributed by atoms with Crippen molar-refractivity contribution in [3.63, 3.8) is 0 Å². The first-order valence-electron chi connectivity index (χ1n) is 7.30. The van der Waals surface area contributed by atoms with E-state index < -0.39 is 63.9 Å². The minimum absolute atomic E-state index is 0.135. The second-order valence-electron chi connectivity index (χ2n) is 5.67. The van der Waals surface area contributed by atoms with Gasteiger partial charge in [0.1, 0.15) is 22.9 Å². The number of alkyl halides is 3. The van der Waals surface area contributed by atoms with Crippen molar-refractivity contribution in [2.75, 3.05) is 5.32 Å². The van der Waals surface area contributed by atoms with Gasteiger partial charge in [-0.2, -0.15) is 23.5 Å². The summed E-state index contributed by atoms with van der Waals surface area (Å²) in [5.74, 6) is -11.8. The lowest BCUT2D eigenvalue weighted by molar-refractivity contribution is -0.143. The van der Waals surface area contributed by atoms with Crippen LogP contribution in [0.3, 0.4) is 0 Å². The minimum atomic E-state index is -5.70. The van der Waals surface area contributed by atoms with E-state index in [1.165, 1.54) is 0 Å². The Kier molecular flexibility index (Phi) is 4.33. The first-order valence-corrected chi connectivity index (χ1v) is 7.30. The Labute approximate surface area is 146 Å². The maximum Gasteiger partial charge on any atom is 0.422 e. The first-order chi connectivity index (χ1) is 12.6. The summed E-state index contributed by atoms with van der Waals surface area (Å²) in [6.07, 6.45) is -3.92. The van der Waals surface area contributed by atoms with Gasteiger partial charge in [-0.05, 0) is 12.8 Å². The van der Waals surface area contributed by atoms with Gasteiger partial charge < -0.3 is 5.32 Å². The lowest BCUT2D eigenvalue weighted by atomic mass is 10.1. The van der Waals surface area contributed by atoms with Gasteiger partial charge in [-0.25, -0.2) is 22.2 Å². The van der Waals surface area contributed by atoms with E-state index in [0.29, 0.717) is 12.8 Å². The Morgan fingerprint density at radius 3 is 2.15 bits per heavy atom. The molecule has 1 fully saturated rings. The molecule has 0 saturated heterocycles. The van der Waals surface area contributed by atoms with Gasteiger partial charge in [0.15, 0.2) is 29.1 Å². The second kappa shape index (κ2) is 6.26. The van der Waals surface area contributed by atoms with Crippen molar-refractivity contribution in [3.05, 3.63) is 40.6 Å². The summed E-state index contributed by atoms with van der Waals surface area (Å²) in [5.41, 5.74) is -4.79. The quantitative estimate of drug-likeness (QED) is 0.640. The fourth-order valence-electron chi connectivity index (χ4n) is 2.34. The van der Waals surface area contributed by atoms with Crippen molar-refractivity contribution >= 4 is 11.7 Å². The third-order valence-electron chi connectivity index (χ3n) is 3.81. The van der Waals surface area contributed by atoms with Gasteiger partial charge in [0, 0.05) is 5.92 Å². The lowest BCUT2D eigenvalue weighted by Crippen LogP contribution is -2.21. The predicted molar refractivity (Wildman–Crippen MR) is 74.5 cm³/mol. The summed E-state index contributed by atoms with van der Waals surface area (Å²) in [6, 6.07) is 1.54. The molecule has 0 aliphatic heterocycles. The average Bonchev–Trinajstić information content (AvgIpc) is 3.36. The number of aromatic nitrogens is 2.